The van der Waals surface area contributed by atoms with Gasteiger partial charge in [0.1, 0.15) is 24.3 Å². The largest absolute Gasteiger partial charge is 0.478 e. The molecule has 316 valence electrons. The number of nitrogen functional groups attached to an aromatic ring is 3. The molecule has 2 heterocycles. The molecule has 11 nitrogen and oxygen atoms in total. The Morgan fingerprint density at radius 3 is 1.30 bits per heavy atom. The summed E-state index contributed by atoms with van der Waals surface area (Å²) < 4.78 is 0. The third kappa shape index (κ3) is 14.9. The van der Waals surface area contributed by atoms with E-state index in [1.54, 1.807) is 24.3 Å². The molecule has 11 heteroatoms. The van der Waals surface area contributed by atoms with Gasteiger partial charge in [0.2, 0.25) is 0 Å². The summed E-state index contributed by atoms with van der Waals surface area (Å²) in [4.78, 5) is 39.9. The Hall–Kier alpha value is -7.66. The molecule has 0 atom stereocenters. The molecule has 8 aromatic rings. The maximum atomic E-state index is 12.5. The first-order valence-electron chi connectivity index (χ1n) is 20.4. The summed E-state index contributed by atoms with van der Waals surface area (Å²) in [7, 11) is 0. The molecule has 0 spiro atoms. The quantitative estimate of drug-likeness (QED) is 0.104. The Balaban J connectivity index is 0.000000323. The van der Waals surface area contributed by atoms with E-state index in [0.717, 1.165) is 55.4 Å². The number of carbonyl (C=O) groups is 2. The second kappa shape index (κ2) is 27.1. The van der Waals surface area contributed by atoms with Crippen LogP contribution in [0.3, 0.4) is 0 Å². The van der Waals surface area contributed by atoms with Crippen molar-refractivity contribution in [2.75, 3.05) is 22.5 Å². The van der Waals surface area contributed by atoms with Crippen molar-refractivity contribution in [2.24, 2.45) is 0 Å². The SMILES string of the molecule is CC.CC.CC.CC.Nc1ccccc1.Nc1ncnc2ccc(-c3cccc(C(=O)Nc4ccccc4)c3)cc12.Nc1ncnc2ccc(-c3cccc(C(=O)O)c3)cc12. The van der Waals surface area contributed by atoms with Crippen LogP contribution in [-0.2, 0) is 0 Å². The second-order valence-corrected chi connectivity index (χ2v) is 11.7. The highest BCUT2D eigenvalue weighted by Crippen LogP contribution is 2.28. The number of nitrogens with two attached hydrogens (primary N) is 3. The molecule has 8 rings (SSSR count). The molecule has 0 aliphatic carbocycles. The third-order valence-electron chi connectivity index (χ3n) is 8.06. The van der Waals surface area contributed by atoms with Crippen molar-refractivity contribution in [3.8, 4) is 22.3 Å². The number of carbonyl (C=O) groups excluding carboxylic acids is 1. The second-order valence-electron chi connectivity index (χ2n) is 11.7. The highest BCUT2D eigenvalue weighted by Gasteiger charge is 2.10. The van der Waals surface area contributed by atoms with Gasteiger partial charge < -0.3 is 27.6 Å². The van der Waals surface area contributed by atoms with E-state index < -0.39 is 5.97 Å². The smallest absolute Gasteiger partial charge is 0.335 e. The number of aromatic carboxylic acids is 1. The summed E-state index contributed by atoms with van der Waals surface area (Å²) in [6, 6.07) is 44.5. The van der Waals surface area contributed by atoms with Crippen LogP contribution in [0.2, 0.25) is 0 Å². The number of hydrogen-bond acceptors (Lipinski definition) is 9. The minimum Gasteiger partial charge on any atom is -0.478 e. The van der Waals surface area contributed by atoms with Crippen LogP contribution in [0.4, 0.5) is 23.0 Å². The van der Waals surface area contributed by atoms with Crippen LogP contribution in [0.15, 0.2) is 158 Å². The summed E-state index contributed by atoms with van der Waals surface area (Å²) in [5.41, 5.74) is 24.7. The predicted molar refractivity (Wildman–Crippen MR) is 256 cm³/mol. The molecule has 0 saturated carbocycles. The maximum Gasteiger partial charge on any atom is 0.335 e. The van der Waals surface area contributed by atoms with Crippen molar-refractivity contribution in [3.63, 3.8) is 0 Å². The molecular formula is C50H58N8O3. The van der Waals surface area contributed by atoms with Crippen molar-refractivity contribution in [1.29, 1.82) is 0 Å². The zero-order chi connectivity index (χ0) is 45.2. The van der Waals surface area contributed by atoms with Crippen molar-refractivity contribution >= 4 is 56.7 Å². The Labute approximate surface area is 359 Å². The number of rotatable bonds is 5. The number of para-hydroxylation sites is 2. The summed E-state index contributed by atoms with van der Waals surface area (Å²) in [6.45, 7) is 16.0. The Morgan fingerprint density at radius 2 is 0.869 bits per heavy atom. The Bertz CT molecular complexity index is 2530. The van der Waals surface area contributed by atoms with Gasteiger partial charge in [0.25, 0.3) is 5.91 Å². The van der Waals surface area contributed by atoms with Crippen LogP contribution in [0.5, 0.6) is 0 Å². The standard InChI is InChI=1S/C21H16N4O.C15H11N3O2.C6H7N.4C2H6/c22-20-18-12-15(9-10-19(18)23-13-24-20)14-5-4-6-16(11-14)21(26)25-17-7-2-1-3-8-17;16-14-12-7-10(4-5-13(12)17-8-18-14)9-2-1-3-11(6-9)15(19)20;7-6-4-2-1-3-5-6;4*1-2/h1-13H,(H,25,26)(H2,22,23,24);1-8H,(H,19,20)(H2,16,17,18);1-5H,7H2;4*1-2H3. The predicted octanol–water partition coefficient (Wildman–Crippen LogP) is 12.1. The number of nitrogens with zero attached hydrogens (tertiary/aromatic N) is 4. The number of anilines is 4. The van der Waals surface area contributed by atoms with Crippen molar-refractivity contribution in [3.05, 3.63) is 169 Å². The fourth-order valence-electron chi connectivity index (χ4n) is 5.36. The summed E-state index contributed by atoms with van der Waals surface area (Å²) in [5.74, 6) is -0.252. The average Bonchev–Trinajstić information content (AvgIpc) is 3.33. The van der Waals surface area contributed by atoms with Gasteiger partial charge in [0, 0.05) is 27.7 Å². The van der Waals surface area contributed by atoms with E-state index in [1.165, 1.54) is 12.7 Å². The first kappa shape index (κ1) is 49.5. The first-order chi connectivity index (χ1) is 29.7. The molecule has 0 bridgehead atoms. The van der Waals surface area contributed by atoms with Gasteiger partial charge in [0.15, 0.2) is 0 Å². The van der Waals surface area contributed by atoms with Gasteiger partial charge in [-0.05, 0) is 95.1 Å². The molecule has 0 fully saturated rings. The van der Waals surface area contributed by atoms with Crippen molar-refractivity contribution in [1.82, 2.24) is 19.9 Å². The van der Waals surface area contributed by atoms with Crippen molar-refractivity contribution < 1.29 is 14.7 Å². The van der Waals surface area contributed by atoms with Crippen molar-refractivity contribution in [2.45, 2.75) is 55.4 Å². The lowest BCUT2D eigenvalue weighted by molar-refractivity contribution is 0.0696. The molecule has 0 saturated heterocycles. The number of fused-ring (bicyclic) bond motifs is 2. The molecular weight excluding hydrogens is 761 g/mol. The first-order valence-corrected chi connectivity index (χ1v) is 20.4. The van der Waals surface area contributed by atoms with Gasteiger partial charge >= 0.3 is 5.97 Å². The number of carboxylic acids is 1. The molecule has 6 aromatic carbocycles. The lowest BCUT2D eigenvalue weighted by Crippen LogP contribution is -2.11. The van der Waals surface area contributed by atoms with E-state index in [9.17, 15) is 9.59 Å². The number of aromatic nitrogens is 4. The number of carboxylic acid groups (broad SMARTS) is 1. The van der Waals surface area contributed by atoms with Gasteiger partial charge in [-0.1, -0.05) is 128 Å². The highest BCUT2D eigenvalue weighted by molar-refractivity contribution is 6.05. The highest BCUT2D eigenvalue weighted by atomic mass is 16.4. The molecule has 8 N–H and O–H groups in total. The van der Waals surface area contributed by atoms with Gasteiger partial charge in [-0.25, -0.2) is 24.7 Å². The Kier molecular flexibility index (Phi) is 22.0. The molecule has 61 heavy (non-hydrogen) atoms. The van der Waals surface area contributed by atoms with Gasteiger partial charge in [-0.2, -0.15) is 0 Å². The summed E-state index contributed by atoms with van der Waals surface area (Å²) in [6.07, 6.45) is 2.87. The van der Waals surface area contributed by atoms with E-state index >= 15 is 0 Å². The molecule has 2 aromatic heterocycles. The van der Waals surface area contributed by atoms with Crippen LogP contribution >= 0.6 is 0 Å². The molecule has 0 radical (unpaired) electrons. The van der Waals surface area contributed by atoms with Crippen LogP contribution in [-0.4, -0.2) is 36.9 Å². The molecule has 0 unspecified atom stereocenters. The van der Waals surface area contributed by atoms with Crippen LogP contribution < -0.4 is 22.5 Å². The van der Waals surface area contributed by atoms with Gasteiger partial charge in [0.05, 0.1) is 16.6 Å². The van der Waals surface area contributed by atoms with E-state index in [0.29, 0.717) is 17.2 Å². The van der Waals surface area contributed by atoms with E-state index in [4.69, 9.17) is 22.3 Å². The number of amides is 1. The summed E-state index contributed by atoms with van der Waals surface area (Å²) >= 11 is 0. The van der Waals surface area contributed by atoms with Gasteiger partial charge in [-0.3, -0.25) is 4.79 Å². The van der Waals surface area contributed by atoms with E-state index in [-0.39, 0.29) is 11.5 Å². The van der Waals surface area contributed by atoms with Crippen LogP contribution in [0.1, 0.15) is 76.1 Å². The number of nitrogens with one attached hydrogen (secondary N) is 1. The fraction of sp³-hybridized carbons (Fsp3) is 0.160. The molecule has 0 aliphatic rings. The zero-order valence-corrected chi connectivity index (χ0v) is 36.3. The normalized spacial score (nSPS) is 9.38. The third-order valence-corrected chi connectivity index (χ3v) is 8.06. The summed E-state index contributed by atoms with van der Waals surface area (Å²) in [5, 5.41) is 13.5. The number of hydrogen-bond donors (Lipinski definition) is 5. The topological polar surface area (TPSA) is 196 Å². The fourth-order valence-corrected chi connectivity index (χ4v) is 5.36. The van der Waals surface area contributed by atoms with E-state index in [1.807, 2.05) is 177 Å². The monoisotopic (exact) mass is 818 g/mol. The van der Waals surface area contributed by atoms with Crippen LogP contribution in [0.25, 0.3) is 44.1 Å². The van der Waals surface area contributed by atoms with Gasteiger partial charge in [-0.15, -0.1) is 0 Å². The average molecular weight is 819 g/mol. The Morgan fingerprint density at radius 1 is 0.459 bits per heavy atom. The minimum atomic E-state index is -0.949. The molecule has 0 aliphatic heterocycles. The lowest BCUT2D eigenvalue weighted by atomic mass is 10.0. The maximum absolute atomic E-state index is 12.5. The van der Waals surface area contributed by atoms with E-state index in [2.05, 4.69) is 25.3 Å². The minimum absolute atomic E-state index is 0.151. The zero-order valence-electron chi connectivity index (χ0n) is 36.3. The van der Waals surface area contributed by atoms with Crippen LogP contribution in [0, 0.1) is 0 Å². The molecule has 1 amide bonds. The number of benzene rings is 6. The lowest BCUT2D eigenvalue weighted by Gasteiger charge is -2.08.